The van der Waals surface area contributed by atoms with Gasteiger partial charge in [0.2, 0.25) is 15.9 Å². The van der Waals surface area contributed by atoms with Gasteiger partial charge in [0.05, 0.1) is 17.8 Å². The molecule has 0 aromatic heterocycles. The molecule has 24 heavy (non-hydrogen) atoms. The van der Waals surface area contributed by atoms with Gasteiger partial charge in [-0.3, -0.25) is 4.79 Å². The first-order chi connectivity index (χ1) is 11.0. The molecule has 142 valence electrons. The van der Waals surface area contributed by atoms with Gasteiger partial charge < -0.3 is 4.90 Å². The van der Waals surface area contributed by atoms with Crippen LogP contribution in [-0.2, 0) is 24.7 Å². The molecule has 0 aliphatic carbocycles. The second-order valence-electron chi connectivity index (χ2n) is 6.83. The molecule has 0 radical (unpaired) electrons. The van der Waals surface area contributed by atoms with Crippen LogP contribution in [0.4, 0.5) is 0 Å². The molecule has 1 aliphatic heterocycles. The number of rotatable bonds is 9. The van der Waals surface area contributed by atoms with Gasteiger partial charge >= 0.3 is 0 Å². The highest BCUT2D eigenvalue weighted by Crippen LogP contribution is 2.18. The van der Waals surface area contributed by atoms with Crippen molar-refractivity contribution >= 4 is 25.8 Å². The average Bonchev–Trinajstić information content (AvgIpc) is 2.77. The van der Waals surface area contributed by atoms with E-state index < -0.39 is 19.9 Å². The van der Waals surface area contributed by atoms with Crippen molar-refractivity contribution in [3.63, 3.8) is 0 Å². The van der Waals surface area contributed by atoms with Crippen LogP contribution in [0, 0.1) is 5.92 Å². The predicted octanol–water partition coefficient (Wildman–Crippen LogP) is 0.720. The molecule has 0 aromatic rings. The van der Waals surface area contributed by atoms with E-state index in [4.69, 9.17) is 0 Å². The summed E-state index contributed by atoms with van der Waals surface area (Å²) in [5, 5.41) is 0. The standard InChI is InChI=1S/C15H30N2O5S2/c1-5-17(14-8-11-24(21,22)12-14)15(18)7-10-16(23(4,19)20)9-6-13(2)3/h13-14H,5-12H2,1-4H3. The van der Waals surface area contributed by atoms with Crippen molar-refractivity contribution in [2.45, 2.75) is 46.1 Å². The Morgan fingerprint density at radius 1 is 1.25 bits per heavy atom. The van der Waals surface area contributed by atoms with Crippen LogP contribution in [0.3, 0.4) is 0 Å². The molecular weight excluding hydrogens is 352 g/mol. The molecule has 1 saturated heterocycles. The number of sulfonamides is 1. The number of carbonyl (C=O) groups excluding carboxylic acids is 1. The summed E-state index contributed by atoms with van der Waals surface area (Å²) in [6, 6.07) is -0.283. The van der Waals surface area contributed by atoms with Crippen LogP contribution in [0.2, 0.25) is 0 Å². The number of sulfone groups is 1. The molecule has 1 heterocycles. The van der Waals surface area contributed by atoms with E-state index in [1.165, 1.54) is 4.31 Å². The zero-order valence-corrected chi connectivity index (χ0v) is 16.7. The van der Waals surface area contributed by atoms with Crippen molar-refractivity contribution in [2.24, 2.45) is 5.92 Å². The van der Waals surface area contributed by atoms with E-state index in [1.807, 2.05) is 20.8 Å². The maximum Gasteiger partial charge on any atom is 0.224 e. The van der Waals surface area contributed by atoms with Crippen LogP contribution >= 0.6 is 0 Å². The summed E-state index contributed by atoms with van der Waals surface area (Å²) in [4.78, 5) is 14.0. The minimum Gasteiger partial charge on any atom is -0.339 e. The summed E-state index contributed by atoms with van der Waals surface area (Å²) in [5.41, 5.74) is 0. The highest BCUT2D eigenvalue weighted by Gasteiger charge is 2.34. The Kier molecular flexibility index (Phi) is 7.68. The second kappa shape index (κ2) is 8.62. The molecule has 1 amide bonds. The summed E-state index contributed by atoms with van der Waals surface area (Å²) < 4.78 is 48.3. The minimum absolute atomic E-state index is 0.00964. The van der Waals surface area contributed by atoms with E-state index >= 15 is 0 Å². The first-order valence-electron chi connectivity index (χ1n) is 8.41. The van der Waals surface area contributed by atoms with E-state index in [9.17, 15) is 21.6 Å². The van der Waals surface area contributed by atoms with Gasteiger partial charge in [0, 0.05) is 32.1 Å². The molecule has 1 fully saturated rings. The summed E-state index contributed by atoms with van der Waals surface area (Å²) in [6.45, 7) is 6.82. The first kappa shape index (κ1) is 21.4. The Hall–Kier alpha value is -0.670. The van der Waals surface area contributed by atoms with Crippen molar-refractivity contribution in [1.29, 1.82) is 0 Å². The Morgan fingerprint density at radius 2 is 1.88 bits per heavy atom. The van der Waals surface area contributed by atoms with Crippen molar-refractivity contribution in [3.8, 4) is 0 Å². The quantitative estimate of drug-likeness (QED) is 0.586. The van der Waals surface area contributed by atoms with Gasteiger partial charge in [-0.05, 0) is 25.7 Å². The number of hydrogen-bond acceptors (Lipinski definition) is 5. The van der Waals surface area contributed by atoms with Crippen molar-refractivity contribution in [1.82, 2.24) is 9.21 Å². The fraction of sp³-hybridized carbons (Fsp3) is 0.933. The smallest absolute Gasteiger partial charge is 0.224 e. The third-order valence-electron chi connectivity index (χ3n) is 4.31. The molecule has 0 spiro atoms. The van der Waals surface area contributed by atoms with E-state index in [1.54, 1.807) is 4.90 Å². The van der Waals surface area contributed by atoms with Gasteiger partial charge in [-0.25, -0.2) is 21.1 Å². The highest BCUT2D eigenvalue weighted by atomic mass is 32.2. The average molecular weight is 383 g/mol. The molecule has 9 heteroatoms. The van der Waals surface area contributed by atoms with E-state index in [0.29, 0.717) is 25.4 Å². The number of hydrogen-bond donors (Lipinski definition) is 0. The maximum atomic E-state index is 12.5. The van der Waals surface area contributed by atoms with Gasteiger partial charge in [-0.2, -0.15) is 0 Å². The van der Waals surface area contributed by atoms with Gasteiger partial charge in [0.25, 0.3) is 0 Å². The van der Waals surface area contributed by atoms with Crippen LogP contribution in [0.5, 0.6) is 0 Å². The lowest BCUT2D eigenvalue weighted by atomic mass is 10.1. The Morgan fingerprint density at radius 3 is 2.29 bits per heavy atom. The van der Waals surface area contributed by atoms with Crippen LogP contribution < -0.4 is 0 Å². The highest BCUT2D eigenvalue weighted by molar-refractivity contribution is 7.91. The van der Waals surface area contributed by atoms with Crippen molar-refractivity contribution in [3.05, 3.63) is 0 Å². The van der Waals surface area contributed by atoms with Gasteiger partial charge in [0.1, 0.15) is 0 Å². The molecule has 1 unspecified atom stereocenters. The predicted molar refractivity (Wildman–Crippen MR) is 94.9 cm³/mol. The van der Waals surface area contributed by atoms with Crippen LogP contribution in [0.1, 0.15) is 40.0 Å². The van der Waals surface area contributed by atoms with E-state index in [0.717, 1.165) is 12.7 Å². The molecular formula is C15H30N2O5S2. The van der Waals surface area contributed by atoms with Gasteiger partial charge in [-0.15, -0.1) is 0 Å². The Balaban J connectivity index is 2.66. The zero-order chi connectivity index (χ0) is 18.5. The van der Waals surface area contributed by atoms with Crippen LogP contribution in [0.15, 0.2) is 0 Å². The number of nitrogens with zero attached hydrogens (tertiary/aromatic N) is 2. The molecule has 0 N–H and O–H groups in total. The molecule has 0 saturated carbocycles. The van der Waals surface area contributed by atoms with Gasteiger partial charge in [0.15, 0.2) is 9.84 Å². The summed E-state index contributed by atoms with van der Waals surface area (Å²) >= 11 is 0. The topological polar surface area (TPSA) is 91.8 Å². The lowest BCUT2D eigenvalue weighted by molar-refractivity contribution is -0.132. The normalized spacial score (nSPS) is 20.7. The minimum atomic E-state index is -3.36. The summed E-state index contributed by atoms with van der Waals surface area (Å²) in [5.74, 6) is 0.319. The zero-order valence-electron chi connectivity index (χ0n) is 15.1. The first-order valence-corrected chi connectivity index (χ1v) is 12.1. The third kappa shape index (κ3) is 6.68. The summed E-state index contributed by atoms with van der Waals surface area (Å²) in [6.07, 6.45) is 2.43. The second-order valence-corrected chi connectivity index (χ2v) is 11.0. The van der Waals surface area contributed by atoms with E-state index in [-0.39, 0.29) is 36.4 Å². The lowest BCUT2D eigenvalue weighted by Gasteiger charge is -2.28. The fourth-order valence-electron chi connectivity index (χ4n) is 2.87. The number of carbonyl (C=O) groups is 1. The molecule has 1 rings (SSSR count). The maximum absolute atomic E-state index is 12.5. The largest absolute Gasteiger partial charge is 0.339 e. The Labute approximate surface area is 146 Å². The molecule has 0 aromatic carbocycles. The third-order valence-corrected chi connectivity index (χ3v) is 7.36. The van der Waals surface area contributed by atoms with Crippen LogP contribution in [-0.4, -0.2) is 75.4 Å². The van der Waals surface area contributed by atoms with Crippen LogP contribution in [0.25, 0.3) is 0 Å². The van der Waals surface area contributed by atoms with E-state index in [2.05, 4.69) is 0 Å². The monoisotopic (exact) mass is 382 g/mol. The molecule has 0 bridgehead atoms. The summed E-state index contributed by atoms with van der Waals surface area (Å²) in [7, 11) is -6.42. The molecule has 1 atom stereocenters. The van der Waals surface area contributed by atoms with Gasteiger partial charge in [-0.1, -0.05) is 13.8 Å². The SMILES string of the molecule is CCN(C(=O)CCN(CCC(C)C)S(C)(=O)=O)C1CCS(=O)(=O)C1. The number of amides is 1. The Bertz CT molecular complexity index is 628. The van der Waals surface area contributed by atoms with Crippen molar-refractivity contribution in [2.75, 3.05) is 37.4 Å². The molecule has 7 nitrogen and oxygen atoms in total. The van der Waals surface area contributed by atoms with Crippen molar-refractivity contribution < 1.29 is 21.6 Å². The lowest BCUT2D eigenvalue weighted by Crippen LogP contribution is -2.43. The molecule has 1 aliphatic rings. The fourth-order valence-corrected chi connectivity index (χ4v) is 5.46.